The molecule has 0 fully saturated rings. The topological polar surface area (TPSA) is 35.2 Å². The summed E-state index contributed by atoms with van der Waals surface area (Å²) < 4.78 is 5.76. The number of hydrogen-bond acceptors (Lipinski definition) is 2. The number of rotatable bonds is 9. The van der Waals surface area contributed by atoms with Crippen LogP contribution >= 0.6 is 0 Å². The van der Waals surface area contributed by atoms with Gasteiger partial charge in [-0.2, -0.15) is 0 Å². The number of nitrogens with two attached hydrogens (primary N) is 1. The molecule has 0 aliphatic rings. The Hall–Kier alpha value is -1.02. The minimum absolute atomic E-state index is 0.266. The second kappa shape index (κ2) is 8.21. The van der Waals surface area contributed by atoms with Crippen molar-refractivity contribution in [3.63, 3.8) is 0 Å². The van der Waals surface area contributed by atoms with Crippen LogP contribution < -0.4 is 10.5 Å². The lowest BCUT2D eigenvalue weighted by Crippen LogP contribution is -2.23. The van der Waals surface area contributed by atoms with Crippen LogP contribution in [0.15, 0.2) is 24.3 Å². The van der Waals surface area contributed by atoms with Crippen LogP contribution in [0.1, 0.15) is 52.0 Å². The van der Waals surface area contributed by atoms with Gasteiger partial charge in [-0.05, 0) is 55.3 Å². The average Bonchev–Trinajstić information content (AvgIpc) is 2.40. The first-order valence-electron chi connectivity index (χ1n) is 7.49. The standard InChI is InChI=1S/C17H29NO/c1-4-7-15-8-10-16(11-9-15)19-13-6-5-12-17(2,3)14-18/h8-11H,4-7,12-14,18H2,1-3H3. The molecule has 0 saturated carbocycles. The third-order valence-electron chi connectivity index (χ3n) is 3.53. The first kappa shape index (κ1) is 16.0. The quantitative estimate of drug-likeness (QED) is 0.679. The first-order valence-corrected chi connectivity index (χ1v) is 7.49. The van der Waals surface area contributed by atoms with Gasteiger partial charge in [0.25, 0.3) is 0 Å². The van der Waals surface area contributed by atoms with Crippen molar-refractivity contribution in [1.29, 1.82) is 0 Å². The molecule has 1 aromatic carbocycles. The molecule has 1 rings (SSSR count). The predicted octanol–water partition coefficient (Wildman–Crippen LogP) is 4.17. The molecule has 19 heavy (non-hydrogen) atoms. The van der Waals surface area contributed by atoms with Crippen LogP contribution in [0.2, 0.25) is 0 Å². The lowest BCUT2D eigenvalue weighted by Gasteiger charge is -2.21. The van der Waals surface area contributed by atoms with E-state index in [1.54, 1.807) is 0 Å². The van der Waals surface area contributed by atoms with Gasteiger partial charge in [0.2, 0.25) is 0 Å². The normalized spacial score (nSPS) is 11.6. The number of unbranched alkanes of at least 4 members (excludes halogenated alkanes) is 1. The molecule has 0 aliphatic heterocycles. The maximum Gasteiger partial charge on any atom is 0.119 e. The monoisotopic (exact) mass is 263 g/mol. The van der Waals surface area contributed by atoms with Gasteiger partial charge in [0, 0.05) is 0 Å². The van der Waals surface area contributed by atoms with E-state index in [1.165, 1.54) is 24.8 Å². The Morgan fingerprint density at radius 2 is 1.79 bits per heavy atom. The van der Waals surface area contributed by atoms with Crippen molar-refractivity contribution in [3.05, 3.63) is 29.8 Å². The molecule has 0 amide bonds. The molecule has 2 N–H and O–H groups in total. The van der Waals surface area contributed by atoms with E-state index < -0.39 is 0 Å². The largest absolute Gasteiger partial charge is 0.494 e. The van der Waals surface area contributed by atoms with E-state index in [2.05, 4.69) is 45.0 Å². The summed E-state index contributed by atoms with van der Waals surface area (Å²) in [7, 11) is 0. The van der Waals surface area contributed by atoms with Gasteiger partial charge in [-0.15, -0.1) is 0 Å². The molecule has 0 aliphatic carbocycles. The Morgan fingerprint density at radius 1 is 1.11 bits per heavy atom. The Balaban J connectivity index is 2.19. The molecule has 0 saturated heterocycles. The summed E-state index contributed by atoms with van der Waals surface area (Å²) in [6.07, 6.45) is 5.78. The van der Waals surface area contributed by atoms with Crippen LogP contribution in [0.4, 0.5) is 0 Å². The minimum Gasteiger partial charge on any atom is -0.494 e. The van der Waals surface area contributed by atoms with Gasteiger partial charge < -0.3 is 10.5 Å². The zero-order valence-electron chi connectivity index (χ0n) is 12.7. The maximum atomic E-state index is 5.76. The number of aryl methyl sites for hydroxylation is 1. The van der Waals surface area contributed by atoms with E-state index in [9.17, 15) is 0 Å². The van der Waals surface area contributed by atoms with Crippen LogP contribution in [-0.4, -0.2) is 13.2 Å². The molecule has 0 heterocycles. The fourth-order valence-electron chi connectivity index (χ4n) is 2.04. The summed E-state index contributed by atoms with van der Waals surface area (Å²) in [4.78, 5) is 0. The zero-order chi connectivity index (χ0) is 14.1. The Labute approximate surface area is 118 Å². The van der Waals surface area contributed by atoms with Crippen molar-refractivity contribution in [2.75, 3.05) is 13.2 Å². The minimum atomic E-state index is 0.266. The van der Waals surface area contributed by atoms with Gasteiger partial charge >= 0.3 is 0 Å². The number of benzene rings is 1. The second-order valence-corrected chi connectivity index (χ2v) is 6.07. The Kier molecular flexibility index (Phi) is 6.93. The highest BCUT2D eigenvalue weighted by atomic mass is 16.5. The van der Waals surface area contributed by atoms with Gasteiger partial charge in [-0.25, -0.2) is 0 Å². The van der Waals surface area contributed by atoms with Crippen molar-refractivity contribution in [3.8, 4) is 5.75 Å². The molecule has 2 nitrogen and oxygen atoms in total. The SMILES string of the molecule is CCCc1ccc(OCCCCC(C)(C)CN)cc1. The third-order valence-corrected chi connectivity index (χ3v) is 3.53. The van der Waals surface area contributed by atoms with E-state index in [0.717, 1.165) is 31.7 Å². The summed E-state index contributed by atoms with van der Waals surface area (Å²) in [6.45, 7) is 8.20. The van der Waals surface area contributed by atoms with Crippen LogP contribution in [0.5, 0.6) is 5.75 Å². The molecule has 0 spiro atoms. The van der Waals surface area contributed by atoms with Gasteiger partial charge in [-0.3, -0.25) is 0 Å². The molecule has 108 valence electrons. The van der Waals surface area contributed by atoms with E-state index in [4.69, 9.17) is 10.5 Å². The van der Waals surface area contributed by atoms with Gasteiger partial charge in [0.1, 0.15) is 5.75 Å². The molecule has 0 bridgehead atoms. The molecule has 0 aromatic heterocycles. The summed E-state index contributed by atoms with van der Waals surface area (Å²) in [5.41, 5.74) is 7.37. The smallest absolute Gasteiger partial charge is 0.119 e. The molecule has 0 unspecified atom stereocenters. The van der Waals surface area contributed by atoms with Gasteiger partial charge in [-0.1, -0.05) is 39.3 Å². The summed E-state index contributed by atoms with van der Waals surface area (Å²) in [6, 6.07) is 8.48. The van der Waals surface area contributed by atoms with E-state index in [-0.39, 0.29) is 5.41 Å². The predicted molar refractivity (Wildman–Crippen MR) is 82.6 cm³/mol. The van der Waals surface area contributed by atoms with Crippen LogP contribution in [-0.2, 0) is 6.42 Å². The molecular weight excluding hydrogens is 234 g/mol. The summed E-state index contributed by atoms with van der Waals surface area (Å²) >= 11 is 0. The van der Waals surface area contributed by atoms with Gasteiger partial charge in [0.15, 0.2) is 0 Å². The summed E-state index contributed by atoms with van der Waals surface area (Å²) in [5, 5.41) is 0. The Bertz CT molecular complexity index is 343. The van der Waals surface area contributed by atoms with Crippen molar-refractivity contribution >= 4 is 0 Å². The molecule has 2 heteroatoms. The van der Waals surface area contributed by atoms with Crippen LogP contribution in [0.25, 0.3) is 0 Å². The van der Waals surface area contributed by atoms with Crippen molar-refractivity contribution in [2.24, 2.45) is 11.1 Å². The van der Waals surface area contributed by atoms with Crippen molar-refractivity contribution in [2.45, 2.75) is 52.9 Å². The molecule has 1 aromatic rings. The highest BCUT2D eigenvalue weighted by molar-refractivity contribution is 5.27. The molecule has 0 radical (unpaired) electrons. The zero-order valence-corrected chi connectivity index (χ0v) is 12.7. The summed E-state index contributed by atoms with van der Waals surface area (Å²) in [5.74, 6) is 0.984. The number of hydrogen-bond donors (Lipinski definition) is 1. The van der Waals surface area contributed by atoms with Crippen molar-refractivity contribution < 1.29 is 4.74 Å². The van der Waals surface area contributed by atoms with E-state index in [1.807, 2.05) is 0 Å². The third kappa shape index (κ3) is 6.63. The molecular formula is C17H29NO. The maximum absolute atomic E-state index is 5.76. The van der Waals surface area contributed by atoms with Crippen LogP contribution in [0, 0.1) is 5.41 Å². The lowest BCUT2D eigenvalue weighted by molar-refractivity contribution is 0.279. The fraction of sp³-hybridized carbons (Fsp3) is 0.647. The van der Waals surface area contributed by atoms with Gasteiger partial charge in [0.05, 0.1) is 6.61 Å². The van der Waals surface area contributed by atoms with Crippen molar-refractivity contribution in [1.82, 2.24) is 0 Å². The fourth-order valence-corrected chi connectivity index (χ4v) is 2.04. The highest BCUT2D eigenvalue weighted by Crippen LogP contribution is 2.21. The van der Waals surface area contributed by atoms with Crippen LogP contribution in [0.3, 0.4) is 0 Å². The average molecular weight is 263 g/mol. The lowest BCUT2D eigenvalue weighted by atomic mass is 9.87. The second-order valence-electron chi connectivity index (χ2n) is 6.07. The number of ether oxygens (including phenoxy) is 1. The molecule has 0 atom stereocenters. The van der Waals surface area contributed by atoms with E-state index in [0.29, 0.717) is 0 Å². The first-order chi connectivity index (χ1) is 9.07. The van der Waals surface area contributed by atoms with E-state index >= 15 is 0 Å². The highest BCUT2D eigenvalue weighted by Gasteiger charge is 2.14. The Morgan fingerprint density at radius 3 is 2.37 bits per heavy atom.